The van der Waals surface area contributed by atoms with Crippen LogP contribution in [0.2, 0.25) is 0 Å². The lowest BCUT2D eigenvalue weighted by molar-refractivity contribution is 0.419. The number of hydrogen-bond acceptors (Lipinski definition) is 3. The first-order valence-corrected chi connectivity index (χ1v) is 5.00. The van der Waals surface area contributed by atoms with Crippen LogP contribution in [-0.4, -0.2) is 17.1 Å². The van der Waals surface area contributed by atoms with E-state index in [9.17, 15) is 0 Å². The van der Waals surface area contributed by atoms with Gasteiger partial charge in [0, 0.05) is 17.0 Å². The Balaban J connectivity index is 2.55. The molecule has 4 nitrogen and oxygen atoms in total. The van der Waals surface area contributed by atoms with Crippen molar-refractivity contribution in [3.63, 3.8) is 0 Å². The van der Waals surface area contributed by atoms with Gasteiger partial charge in [-0.05, 0) is 12.1 Å². The molecule has 16 heavy (non-hydrogen) atoms. The van der Waals surface area contributed by atoms with Crippen molar-refractivity contribution in [2.75, 3.05) is 12.8 Å². The van der Waals surface area contributed by atoms with Crippen molar-refractivity contribution in [1.82, 2.24) is 9.97 Å². The molecule has 1 aromatic carbocycles. The maximum absolute atomic E-state index is 5.83. The molecule has 0 spiro atoms. The van der Waals surface area contributed by atoms with Crippen LogP contribution in [0, 0.1) is 0 Å². The number of H-pyrrole nitrogens is 1. The van der Waals surface area contributed by atoms with E-state index in [1.165, 1.54) is 0 Å². The summed E-state index contributed by atoms with van der Waals surface area (Å²) in [7, 11) is 1.65. The Morgan fingerprint density at radius 2 is 2.00 bits per heavy atom. The minimum Gasteiger partial charge on any atom is -0.495 e. The number of nitrogens with zero attached hydrogens (tertiary/aromatic N) is 1. The van der Waals surface area contributed by atoms with Crippen molar-refractivity contribution in [3.8, 4) is 5.75 Å². The number of aromatic nitrogens is 2. The van der Waals surface area contributed by atoms with Crippen LogP contribution in [0.3, 0.4) is 0 Å². The first kappa shape index (κ1) is 9.03. The molecule has 0 saturated carbocycles. The third-order valence-corrected chi connectivity index (χ3v) is 2.77. The molecule has 80 valence electrons. The molecule has 0 amide bonds. The lowest BCUT2D eigenvalue weighted by Crippen LogP contribution is -1.89. The largest absolute Gasteiger partial charge is 0.495 e. The number of nitrogens with two attached hydrogens (primary N) is 1. The Morgan fingerprint density at radius 1 is 1.19 bits per heavy atom. The minimum absolute atomic E-state index is 0.510. The SMILES string of the molecule is COc1cccc2c1[nH]c1c(N)nccc12. The van der Waals surface area contributed by atoms with Crippen LogP contribution < -0.4 is 10.5 Å². The molecule has 0 aliphatic heterocycles. The highest BCUT2D eigenvalue weighted by Crippen LogP contribution is 2.32. The molecule has 4 heteroatoms. The van der Waals surface area contributed by atoms with Crippen molar-refractivity contribution in [3.05, 3.63) is 30.5 Å². The second kappa shape index (κ2) is 3.13. The van der Waals surface area contributed by atoms with Crippen LogP contribution in [0.25, 0.3) is 21.8 Å². The number of methoxy groups -OCH3 is 1. The number of nitrogens with one attached hydrogen (secondary N) is 1. The smallest absolute Gasteiger partial charge is 0.147 e. The third-order valence-electron chi connectivity index (χ3n) is 2.77. The van der Waals surface area contributed by atoms with Gasteiger partial charge in [0.15, 0.2) is 0 Å². The zero-order valence-corrected chi connectivity index (χ0v) is 8.82. The van der Waals surface area contributed by atoms with Crippen LogP contribution in [0.4, 0.5) is 5.82 Å². The summed E-state index contributed by atoms with van der Waals surface area (Å²) in [4.78, 5) is 7.32. The second-order valence-electron chi connectivity index (χ2n) is 3.63. The number of anilines is 1. The Hall–Kier alpha value is -2.23. The van der Waals surface area contributed by atoms with Crippen LogP contribution in [0.15, 0.2) is 30.5 Å². The van der Waals surface area contributed by atoms with Gasteiger partial charge in [-0.25, -0.2) is 4.98 Å². The molecule has 0 bridgehead atoms. The monoisotopic (exact) mass is 213 g/mol. The molecule has 0 aliphatic carbocycles. The van der Waals surface area contributed by atoms with Crippen molar-refractivity contribution in [2.45, 2.75) is 0 Å². The molecular formula is C12H11N3O. The molecule has 0 atom stereocenters. The van der Waals surface area contributed by atoms with Gasteiger partial charge in [0.25, 0.3) is 0 Å². The first-order chi connectivity index (χ1) is 7.81. The lowest BCUT2D eigenvalue weighted by atomic mass is 10.2. The fraction of sp³-hybridized carbons (Fsp3) is 0.0833. The van der Waals surface area contributed by atoms with E-state index in [1.54, 1.807) is 13.3 Å². The molecule has 0 unspecified atom stereocenters. The molecule has 3 rings (SSSR count). The van der Waals surface area contributed by atoms with Gasteiger partial charge in [-0.1, -0.05) is 12.1 Å². The number of ether oxygens (including phenoxy) is 1. The number of fused-ring (bicyclic) bond motifs is 3. The summed E-state index contributed by atoms with van der Waals surface area (Å²) < 4.78 is 5.30. The van der Waals surface area contributed by atoms with Gasteiger partial charge in [-0.15, -0.1) is 0 Å². The normalized spacial score (nSPS) is 11.1. The van der Waals surface area contributed by atoms with Gasteiger partial charge in [-0.2, -0.15) is 0 Å². The van der Waals surface area contributed by atoms with Crippen LogP contribution in [-0.2, 0) is 0 Å². The molecule has 3 aromatic rings. The fourth-order valence-corrected chi connectivity index (χ4v) is 2.01. The van der Waals surface area contributed by atoms with E-state index < -0.39 is 0 Å². The maximum Gasteiger partial charge on any atom is 0.147 e. The van der Waals surface area contributed by atoms with Crippen molar-refractivity contribution in [2.24, 2.45) is 0 Å². The van der Waals surface area contributed by atoms with E-state index in [0.29, 0.717) is 5.82 Å². The van der Waals surface area contributed by atoms with Gasteiger partial charge in [-0.3, -0.25) is 0 Å². The van der Waals surface area contributed by atoms with Crippen LogP contribution >= 0.6 is 0 Å². The van der Waals surface area contributed by atoms with Crippen molar-refractivity contribution in [1.29, 1.82) is 0 Å². The molecule has 3 N–H and O–H groups in total. The Bertz CT molecular complexity index is 672. The standard InChI is InChI=1S/C12H11N3O/c1-16-9-4-2-3-7-8-5-6-14-12(13)11(8)15-10(7)9/h2-6,15H,1H3,(H2,13,14). The second-order valence-corrected chi connectivity index (χ2v) is 3.63. The molecule has 0 radical (unpaired) electrons. The van der Waals surface area contributed by atoms with Crippen LogP contribution in [0.5, 0.6) is 5.75 Å². The summed E-state index contributed by atoms with van der Waals surface area (Å²) in [6.45, 7) is 0. The molecule has 0 aliphatic rings. The minimum atomic E-state index is 0.510. The van der Waals surface area contributed by atoms with E-state index in [-0.39, 0.29) is 0 Å². The van der Waals surface area contributed by atoms with Crippen molar-refractivity contribution < 1.29 is 4.74 Å². The molecular weight excluding hydrogens is 202 g/mol. The fourth-order valence-electron chi connectivity index (χ4n) is 2.01. The van der Waals surface area contributed by atoms with Crippen LogP contribution in [0.1, 0.15) is 0 Å². The molecule has 2 heterocycles. The van der Waals surface area contributed by atoms with Crippen molar-refractivity contribution >= 4 is 27.6 Å². The summed E-state index contributed by atoms with van der Waals surface area (Å²) in [5, 5.41) is 2.17. The third kappa shape index (κ3) is 1.07. The van der Waals surface area contributed by atoms with Gasteiger partial charge in [0.05, 0.1) is 18.1 Å². The summed E-state index contributed by atoms with van der Waals surface area (Å²) >= 11 is 0. The van der Waals surface area contributed by atoms with Gasteiger partial charge >= 0.3 is 0 Å². The average molecular weight is 213 g/mol. The number of aromatic amines is 1. The molecule has 2 aromatic heterocycles. The Kier molecular flexibility index (Phi) is 1.77. The van der Waals surface area contributed by atoms with E-state index in [2.05, 4.69) is 9.97 Å². The number of rotatable bonds is 1. The summed E-state index contributed by atoms with van der Waals surface area (Å²) in [6.07, 6.45) is 1.71. The topological polar surface area (TPSA) is 63.9 Å². The number of nitrogen functional groups attached to an aromatic ring is 1. The highest BCUT2D eigenvalue weighted by molar-refractivity contribution is 6.11. The highest BCUT2D eigenvalue weighted by Gasteiger charge is 2.09. The van der Waals surface area contributed by atoms with E-state index in [1.807, 2.05) is 24.3 Å². The summed E-state index contributed by atoms with van der Waals surface area (Å²) in [5.74, 6) is 1.32. The summed E-state index contributed by atoms with van der Waals surface area (Å²) in [5.41, 5.74) is 7.65. The van der Waals surface area contributed by atoms with E-state index in [0.717, 1.165) is 27.6 Å². The maximum atomic E-state index is 5.83. The van der Waals surface area contributed by atoms with Gasteiger partial charge in [0.1, 0.15) is 11.6 Å². The van der Waals surface area contributed by atoms with E-state index in [4.69, 9.17) is 10.5 Å². The zero-order valence-electron chi connectivity index (χ0n) is 8.82. The Morgan fingerprint density at radius 3 is 2.81 bits per heavy atom. The zero-order chi connectivity index (χ0) is 11.1. The number of hydrogen-bond donors (Lipinski definition) is 2. The highest BCUT2D eigenvalue weighted by atomic mass is 16.5. The summed E-state index contributed by atoms with van der Waals surface area (Å²) in [6, 6.07) is 7.87. The number of pyridine rings is 1. The van der Waals surface area contributed by atoms with E-state index >= 15 is 0 Å². The number of benzene rings is 1. The van der Waals surface area contributed by atoms with Gasteiger partial charge < -0.3 is 15.5 Å². The lowest BCUT2D eigenvalue weighted by Gasteiger charge is -1.99. The van der Waals surface area contributed by atoms with Gasteiger partial charge in [0.2, 0.25) is 0 Å². The quantitative estimate of drug-likeness (QED) is 0.652. The number of para-hydroxylation sites is 1. The first-order valence-electron chi connectivity index (χ1n) is 5.00. The predicted molar refractivity (Wildman–Crippen MR) is 64.6 cm³/mol. The Labute approximate surface area is 92.0 Å². The molecule has 0 saturated heterocycles. The molecule has 0 fully saturated rings. The average Bonchev–Trinajstić information content (AvgIpc) is 2.69. The predicted octanol–water partition coefficient (Wildman–Crippen LogP) is 2.31.